The van der Waals surface area contributed by atoms with Crippen LogP contribution in [-0.2, 0) is 4.79 Å². The summed E-state index contributed by atoms with van der Waals surface area (Å²) in [5.74, 6) is 1.99. The largest absolute Gasteiger partial charge is 0.457 e. The molecule has 0 spiro atoms. The van der Waals surface area contributed by atoms with Crippen molar-refractivity contribution in [1.29, 1.82) is 0 Å². The summed E-state index contributed by atoms with van der Waals surface area (Å²) >= 11 is 0. The number of aliphatic hydroxyl groups is 1. The molecular weight excluding hydrogens is 432 g/mol. The fourth-order valence-corrected chi connectivity index (χ4v) is 3.83. The molecule has 8 nitrogen and oxygen atoms in total. The Morgan fingerprint density at radius 2 is 1.82 bits per heavy atom. The van der Waals surface area contributed by atoms with Crippen LogP contribution in [0, 0.1) is 0 Å². The molecule has 1 fully saturated rings. The zero-order valence-corrected chi connectivity index (χ0v) is 18.8. The lowest BCUT2D eigenvalue weighted by Crippen LogP contribution is -2.47. The molecule has 4 rings (SSSR count). The smallest absolute Gasteiger partial charge is 0.243 e. The summed E-state index contributed by atoms with van der Waals surface area (Å²) in [4.78, 5) is 18.2. The number of carbonyl (C=O) groups excluding carboxylic acids is 1. The predicted molar refractivity (Wildman–Crippen MR) is 130 cm³/mol. The molecule has 8 heteroatoms. The zero-order valence-electron chi connectivity index (χ0n) is 18.8. The van der Waals surface area contributed by atoms with Crippen LogP contribution in [-0.4, -0.2) is 35.1 Å². The Bertz CT molecular complexity index is 1120. The number of rotatable bonds is 8. The Morgan fingerprint density at radius 3 is 2.50 bits per heavy atom. The average Bonchev–Trinajstić information content (AvgIpc) is 2.86. The highest BCUT2D eigenvalue weighted by Gasteiger charge is 2.23. The molecule has 176 valence electrons. The normalized spacial score (nSPS) is 16.4. The first-order valence-corrected chi connectivity index (χ1v) is 11.1. The van der Waals surface area contributed by atoms with Gasteiger partial charge < -0.3 is 30.5 Å². The standard InChI is InChI=1S/C26H28N4O4/c1-2-24(31)29-18-7-6-14-30(17-18)19-15-23(25(27)32)26(28-16-19)34-22-12-10-21(11-13-22)33-20-8-4-3-5-9-20/h2-5,8-13,15-16,18,25,32H,1,6-7,14,17,27H2,(H,29,31). The molecule has 1 saturated heterocycles. The number of piperidine rings is 1. The van der Waals surface area contributed by atoms with Gasteiger partial charge in [0.05, 0.1) is 17.4 Å². The van der Waals surface area contributed by atoms with E-state index in [-0.39, 0.29) is 17.8 Å². The zero-order chi connectivity index (χ0) is 23.9. The van der Waals surface area contributed by atoms with Crippen LogP contribution >= 0.6 is 0 Å². The first-order valence-electron chi connectivity index (χ1n) is 11.1. The maximum Gasteiger partial charge on any atom is 0.243 e. The minimum absolute atomic E-state index is 0.0121. The summed E-state index contributed by atoms with van der Waals surface area (Å²) in [5, 5.41) is 13.1. The summed E-state index contributed by atoms with van der Waals surface area (Å²) in [5.41, 5.74) is 6.99. The second-order valence-electron chi connectivity index (χ2n) is 8.02. The summed E-state index contributed by atoms with van der Waals surface area (Å²) in [6, 6.07) is 18.4. The number of amides is 1. The van der Waals surface area contributed by atoms with Crippen LogP contribution < -0.4 is 25.4 Å². The van der Waals surface area contributed by atoms with E-state index < -0.39 is 6.23 Å². The molecule has 2 heterocycles. The van der Waals surface area contributed by atoms with Crippen molar-refractivity contribution in [3.8, 4) is 23.1 Å². The van der Waals surface area contributed by atoms with Crippen LogP contribution in [0.3, 0.4) is 0 Å². The van der Waals surface area contributed by atoms with E-state index >= 15 is 0 Å². The number of anilines is 1. The van der Waals surface area contributed by atoms with Gasteiger partial charge in [-0.2, -0.15) is 0 Å². The molecule has 1 aliphatic rings. The molecule has 2 aromatic carbocycles. The van der Waals surface area contributed by atoms with Crippen molar-refractivity contribution < 1.29 is 19.4 Å². The summed E-state index contributed by atoms with van der Waals surface area (Å²) < 4.78 is 11.7. The van der Waals surface area contributed by atoms with Crippen molar-refractivity contribution in [1.82, 2.24) is 10.3 Å². The van der Waals surface area contributed by atoms with Gasteiger partial charge in [0.15, 0.2) is 0 Å². The van der Waals surface area contributed by atoms with Gasteiger partial charge >= 0.3 is 0 Å². The summed E-state index contributed by atoms with van der Waals surface area (Å²) in [6.07, 6.45) is 3.50. The van der Waals surface area contributed by atoms with E-state index in [0.29, 0.717) is 23.6 Å². The maximum absolute atomic E-state index is 11.7. The van der Waals surface area contributed by atoms with E-state index in [9.17, 15) is 9.90 Å². The SMILES string of the molecule is C=CC(=O)NC1CCCN(c2cnc(Oc3ccc(Oc4ccccc4)cc3)c(C(N)O)c2)C1. The molecule has 0 bridgehead atoms. The molecule has 3 aromatic rings. The van der Waals surface area contributed by atoms with E-state index in [1.807, 2.05) is 30.3 Å². The van der Waals surface area contributed by atoms with Crippen LogP contribution in [0.15, 0.2) is 79.5 Å². The number of benzene rings is 2. The number of nitrogens with two attached hydrogens (primary N) is 1. The minimum atomic E-state index is -1.26. The number of aromatic nitrogens is 1. The second-order valence-corrected chi connectivity index (χ2v) is 8.02. The van der Waals surface area contributed by atoms with Gasteiger partial charge in [0, 0.05) is 19.1 Å². The Balaban J connectivity index is 1.46. The number of hydrogen-bond donors (Lipinski definition) is 3. The Hall–Kier alpha value is -3.88. The van der Waals surface area contributed by atoms with Crippen LogP contribution in [0.2, 0.25) is 0 Å². The van der Waals surface area contributed by atoms with E-state index in [1.165, 1.54) is 6.08 Å². The highest BCUT2D eigenvalue weighted by atomic mass is 16.5. The maximum atomic E-state index is 11.7. The molecule has 1 aliphatic heterocycles. The number of nitrogens with one attached hydrogen (secondary N) is 1. The van der Waals surface area contributed by atoms with E-state index in [4.69, 9.17) is 15.2 Å². The fourth-order valence-electron chi connectivity index (χ4n) is 3.83. The topological polar surface area (TPSA) is 110 Å². The molecule has 0 saturated carbocycles. The van der Waals surface area contributed by atoms with E-state index in [1.54, 1.807) is 36.5 Å². The third-order valence-corrected chi connectivity index (χ3v) is 5.52. The van der Waals surface area contributed by atoms with Crippen molar-refractivity contribution in [2.75, 3.05) is 18.0 Å². The molecule has 2 atom stereocenters. The number of nitrogens with zero attached hydrogens (tertiary/aromatic N) is 2. The Kier molecular flexibility index (Phi) is 7.41. The lowest BCUT2D eigenvalue weighted by atomic mass is 10.0. The molecular formula is C26H28N4O4. The molecule has 0 radical (unpaired) electrons. The van der Waals surface area contributed by atoms with Crippen LogP contribution in [0.4, 0.5) is 5.69 Å². The van der Waals surface area contributed by atoms with Crippen LogP contribution in [0.1, 0.15) is 24.6 Å². The number of para-hydroxylation sites is 1. The third kappa shape index (κ3) is 5.92. The van der Waals surface area contributed by atoms with Crippen molar-refractivity contribution >= 4 is 11.6 Å². The lowest BCUT2D eigenvalue weighted by Gasteiger charge is -2.34. The quantitative estimate of drug-likeness (QED) is 0.346. The second kappa shape index (κ2) is 10.8. The highest BCUT2D eigenvalue weighted by Crippen LogP contribution is 2.32. The average molecular weight is 461 g/mol. The van der Waals surface area contributed by atoms with Gasteiger partial charge in [0.1, 0.15) is 23.5 Å². The first kappa shape index (κ1) is 23.3. The van der Waals surface area contributed by atoms with Gasteiger partial charge in [-0.3, -0.25) is 4.79 Å². The fraction of sp³-hybridized carbons (Fsp3) is 0.231. The summed E-state index contributed by atoms with van der Waals surface area (Å²) in [6.45, 7) is 4.94. The molecule has 1 aromatic heterocycles. The molecule has 1 amide bonds. The van der Waals surface area contributed by atoms with Crippen LogP contribution in [0.5, 0.6) is 23.1 Å². The van der Waals surface area contributed by atoms with E-state index in [2.05, 4.69) is 21.8 Å². The van der Waals surface area contributed by atoms with Crippen molar-refractivity contribution in [2.24, 2.45) is 5.73 Å². The monoisotopic (exact) mass is 460 g/mol. The highest BCUT2D eigenvalue weighted by molar-refractivity contribution is 5.87. The summed E-state index contributed by atoms with van der Waals surface area (Å²) in [7, 11) is 0. The lowest BCUT2D eigenvalue weighted by molar-refractivity contribution is -0.117. The minimum Gasteiger partial charge on any atom is -0.457 e. The number of hydrogen-bond acceptors (Lipinski definition) is 7. The third-order valence-electron chi connectivity index (χ3n) is 5.52. The van der Waals surface area contributed by atoms with Gasteiger partial charge in [-0.25, -0.2) is 4.98 Å². The number of carbonyl (C=O) groups is 1. The molecule has 4 N–H and O–H groups in total. The number of ether oxygens (including phenoxy) is 2. The Labute approximate surface area is 198 Å². The molecule has 2 unspecified atom stereocenters. The van der Waals surface area contributed by atoms with Crippen molar-refractivity contribution in [2.45, 2.75) is 25.1 Å². The first-order chi connectivity index (χ1) is 16.5. The van der Waals surface area contributed by atoms with Gasteiger partial charge in [-0.15, -0.1) is 0 Å². The van der Waals surface area contributed by atoms with Crippen LogP contribution in [0.25, 0.3) is 0 Å². The number of aliphatic hydroxyl groups excluding tert-OH is 1. The van der Waals surface area contributed by atoms with Gasteiger partial charge in [0.2, 0.25) is 11.8 Å². The van der Waals surface area contributed by atoms with E-state index in [0.717, 1.165) is 30.8 Å². The molecule has 0 aliphatic carbocycles. The Morgan fingerprint density at radius 1 is 1.15 bits per heavy atom. The van der Waals surface area contributed by atoms with Crippen molar-refractivity contribution in [3.63, 3.8) is 0 Å². The van der Waals surface area contributed by atoms with Gasteiger partial charge in [-0.1, -0.05) is 24.8 Å². The predicted octanol–water partition coefficient (Wildman–Crippen LogP) is 3.89. The molecule has 34 heavy (non-hydrogen) atoms. The van der Waals surface area contributed by atoms with Gasteiger partial charge in [0.25, 0.3) is 0 Å². The van der Waals surface area contributed by atoms with Crippen molar-refractivity contribution in [3.05, 3.63) is 85.1 Å². The van der Waals surface area contributed by atoms with Gasteiger partial charge in [-0.05, 0) is 61.4 Å². The number of pyridine rings is 1.